The largest absolute Gasteiger partial charge is 0.478 e. The van der Waals surface area contributed by atoms with E-state index in [0.29, 0.717) is 5.92 Å². The van der Waals surface area contributed by atoms with E-state index in [1.807, 2.05) is 6.08 Å². The molecule has 1 N–H and O–H groups in total. The maximum absolute atomic E-state index is 9.51. The first-order valence-corrected chi connectivity index (χ1v) is 4.06. The fourth-order valence-corrected chi connectivity index (χ4v) is 0.309. The highest BCUT2D eigenvalue weighted by atomic mass is 16.4. The third-order valence-electron chi connectivity index (χ3n) is 1.36. The highest BCUT2D eigenvalue weighted by Crippen LogP contribution is 1.98. The summed E-state index contributed by atoms with van der Waals surface area (Å²) in [4.78, 5) is 9.51. The van der Waals surface area contributed by atoms with Crippen LogP contribution in [-0.2, 0) is 4.79 Å². The number of aliphatic carboxylic acids is 1. The second kappa shape index (κ2) is 9.95. The summed E-state index contributed by atoms with van der Waals surface area (Å²) in [6, 6.07) is 0. The van der Waals surface area contributed by atoms with Crippen molar-refractivity contribution >= 4 is 5.97 Å². The van der Waals surface area contributed by atoms with Gasteiger partial charge in [0.15, 0.2) is 0 Å². The average Bonchev–Trinajstić information content (AvgIpc) is 2.04. The molecule has 0 aromatic rings. The maximum atomic E-state index is 9.51. The van der Waals surface area contributed by atoms with Gasteiger partial charge in [-0.2, -0.15) is 0 Å². The highest BCUT2D eigenvalue weighted by Gasteiger charge is 1.84. The molecule has 0 aliphatic heterocycles. The van der Waals surface area contributed by atoms with Crippen molar-refractivity contribution in [2.24, 2.45) is 5.92 Å². The van der Waals surface area contributed by atoms with Crippen molar-refractivity contribution in [2.75, 3.05) is 0 Å². The second-order valence-corrected chi connectivity index (χ2v) is 2.46. The quantitative estimate of drug-likeness (QED) is 0.522. The number of carboxylic acid groups (broad SMARTS) is 1. The first-order chi connectivity index (χ1) is 5.58. The van der Waals surface area contributed by atoms with Crippen molar-refractivity contribution in [1.82, 2.24) is 0 Å². The number of hydrogen-bond acceptors (Lipinski definition) is 1. The van der Waals surface area contributed by atoms with Crippen molar-refractivity contribution in [1.29, 1.82) is 0 Å². The van der Waals surface area contributed by atoms with E-state index in [9.17, 15) is 4.79 Å². The minimum Gasteiger partial charge on any atom is -0.478 e. The Kier molecular flexibility index (Phi) is 11.2. The van der Waals surface area contributed by atoms with Crippen molar-refractivity contribution in [3.63, 3.8) is 0 Å². The van der Waals surface area contributed by atoms with Crippen molar-refractivity contribution in [2.45, 2.75) is 27.2 Å². The van der Waals surface area contributed by atoms with E-state index < -0.39 is 5.97 Å². The second-order valence-electron chi connectivity index (χ2n) is 2.46. The monoisotopic (exact) mass is 170 g/mol. The van der Waals surface area contributed by atoms with Crippen molar-refractivity contribution in [3.8, 4) is 0 Å². The van der Waals surface area contributed by atoms with Crippen molar-refractivity contribution in [3.05, 3.63) is 24.8 Å². The maximum Gasteiger partial charge on any atom is 0.327 e. The number of carbonyl (C=O) groups is 1. The van der Waals surface area contributed by atoms with Crippen LogP contribution in [0.1, 0.15) is 27.2 Å². The van der Waals surface area contributed by atoms with Crippen LogP contribution >= 0.6 is 0 Å². The van der Waals surface area contributed by atoms with Gasteiger partial charge in [-0.15, -0.1) is 6.58 Å². The zero-order valence-corrected chi connectivity index (χ0v) is 8.08. The van der Waals surface area contributed by atoms with Crippen LogP contribution in [0, 0.1) is 5.92 Å². The van der Waals surface area contributed by atoms with Gasteiger partial charge in [-0.1, -0.05) is 32.4 Å². The number of rotatable bonds is 3. The summed E-state index contributed by atoms with van der Waals surface area (Å²) < 4.78 is 0. The number of hydrogen-bond donors (Lipinski definition) is 1. The van der Waals surface area contributed by atoms with E-state index in [2.05, 4.69) is 20.4 Å². The number of carboxylic acids is 1. The first-order valence-electron chi connectivity index (χ1n) is 4.06. The molecule has 0 aliphatic rings. The molecule has 1 atom stereocenters. The summed E-state index contributed by atoms with van der Waals surface area (Å²) in [6.07, 6.45) is 5.74. The molecule has 12 heavy (non-hydrogen) atoms. The lowest BCUT2D eigenvalue weighted by Gasteiger charge is -1.93. The first kappa shape index (κ1) is 13.5. The molecular weight excluding hydrogens is 152 g/mol. The normalized spacial score (nSPS) is 11.6. The molecule has 0 aliphatic carbocycles. The van der Waals surface area contributed by atoms with E-state index in [0.717, 1.165) is 6.08 Å². The van der Waals surface area contributed by atoms with E-state index in [1.165, 1.54) is 12.5 Å². The third-order valence-corrected chi connectivity index (χ3v) is 1.36. The summed E-state index contributed by atoms with van der Waals surface area (Å²) in [5.74, 6) is -0.192. The standard InChI is InChI=1S/C6H12.C4H6O2/c1-4-6(3)5-2;1-2-3-4(5)6/h4,6H,1,5H2,2-3H3;2-3H,1H3,(H,5,6). The zero-order valence-electron chi connectivity index (χ0n) is 8.08. The minimum atomic E-state index is -0.891. The Bertz CT molecular complexity index is 148. The fourth-order valence-electron chi connectivity index (χ4n) is 0.309. The van der Waals surface area contributed by atoms with Gasteiger partial charge >= 0.3 is 5.97 Å². The van der Waals surface area contributed by atoms with Gasteiger partial charge in [0.25, 0.3) is 0 Å². The summed E-state index contributed by atoms with van der Waals surface area (Å²) in [5.41, 5.74) is 0. The molecule has 0 rings (SSSR count). The Balaban J connectivity index is 0. The van der Waals surface area contributed by atoms with E-state index in [1.54, 1.807) is 6.92 Å². The predicted octanol–water partition coefficient (Wildman–Crippen LogP) is 2.87. The smallest absolute Gasteiger partial charge is 0.327 e. The lowest BCUT2D eigenvalue weighted by Crippen LogP contribution is -1.83. The van der Waals surface area contributed by atoms with E-state index in [4.69, 9.17) is 5.11 Å². The van der Waals surface area contributed by atoms with Gasteiger partial charge in [-0.3, -0.25) is 0 Å². The molecular formula is C10H18O2. The molecule has 0 spiro atoms. The fraction of sp³-hybridized carbons (Fsp3) is 0.500. The molecule has 0 aromatic heterocycles. The van der Waals surface area contributed by atoms with Crippen LogP contribution in [-0.4, -0.2) is 11.1 Å². The Hall–Kier alpha value is -1.05. The van der Waals surface area contributed by atoms with E-state index in [-0.39, 0.29) is 0 Å². The van der Waals surface area contributed by atoms with Crippen LogP contribution < -0.4 is 0 Å². The lowest BCUT2D eigenvalue weighted by atomic mass is 10.1. The summed E-state index contributed by atoms with van der Waals surface area (Å²) >= 11 is 0. The lowest BCUT2D eigenvalue weighted by molar-refractivity contribution is -0.131. The number of allylic oxidation sites excluding steroid dienone is 2. The molecule has 70 valence electrons. The average molecular weight is 170 g/mol. The van der Waals surface area contributed by atoms with Gasteiger partial charge in [0.1, 0.15) is 0 Å². The summed E-state index contributed by atoms with van der Waals surface area (Å²) in [7, 11) is 0. The molecule has 0 aromatic carbocycles. The molecule has 0 saturated carbocycles. The van der Waals surface area contributed by atoms with Gasteiger partial charge < -0.3 is 5.11 Å². The van der Waals surface area contributed by atoms with Gasteiger partial charge in [-0.25, -0.2) is 4.79 Å². The SMILES string of the molecule is C=CC(C)CC.CC=CC(=O)O. The molecule has 1 unspecified atom stereocenters. The van der Waals surface area contributed by atoms with Gasteiger partial charge in [0.05, 0.1) is 0 Å². The Morgan fingerprint density at radius 1 is 1.67 bits per heavy atom. The minimum absolute atomic E-state index is 0.699. The molecule has 0 radical (unpaired) electrons. The molecule has 0 fully saturated rings. The topological polar surface area (TPSA) is 37.3 Å². The molecule has 0 bridgehead atoms. The van der Waals surface area contributed by atoms with Crippen LogP contribution in [0.3, 0.4) is 0 Å². The molecule has 2 nitrogen and oxygen atoms in total. The highest BCUT2D eigenvalue weighted by molar-refractivity contribution is 5.79. The van der Waals surface area contributed by atoms with Crippen LogP contribution in [0.25, 0.3) is 0 Å². The van der Waals surface area contributed by atoms with Crippen LogP contribution in [0.2, 0.25) is 0 Å². The molecule has 0 saturated heterocycles. The molecule has 0 amide bonds. The Morgan fingerprint density at radius 3 is 2.17 bits per heavy atom. The zero-order chi connectivity index (χ0) is 9.98. The van der Waals surface area contributed by atoms with Crippen LogP contribution in [0.15, 0.2) is 24.8 Å². The van der Waals surface area contributed by atoms with Gasteiger partial charge in [0.2, 0.25) is 0 Å². The predicted molar refractivity (Wildman–Crippen MR) is 52.1 cm³/mol. The third kappa shape index (κ3) is 16.0. The van der Waals surface area contributed by atoms with Crippen molar-refractivity contribution < 1.29 is 9.90 Å². The van der Waals surface area contributed by atoms with Gasteiger partial charge in [0, 0.05) is 6.08 Å². The Labute approximate surface area is 74.6 Å². The Morgan fingerprint density at radius 2 is 2.17 bits per heavy atom. The van der Waals surface area contributed by atoms with Crippen LogP contribution in [0.4, 0.5) is 0 Å². The summed E-state index contributed by atoms with van der Waals surface area (Å²) in [5, 5.41) is 7.83. The molecule has 0 heterocycles. The van der Waals surface area contributed by atoms with E-state index >= 15 is 0 Å². The van der Waals surface area contributed by atoms with Crippen LogP contribution in [0.5, 0.6) is 0 Å². The van der Waals surface area contributed by atoms with Gasteiger partial charge in [-0.05, 0) is 12.8 Å². The molecule has 2 heteroatoms. The summed E-state index contributed by atoms with van der Waals surface area (Å²) in [6.45, 7) is 9.61.